The van der Waals surface area contributed by atoms with Crippen molar-refractivity contribution in [2.45, 2.75) is 6.04 Å². The molecular formula is C23H21N5O7. The third kappa shape index (κ3) is 4.16. The zero-order valence-electron chi connectivity index (χ0n) is 19.3. The lowest BCUT2D eigenvalue weighted by molar-refractivity contribution is -0.136. The summed E-state index contributed by atoms with van der Waals surface area (Å²) in [6.45, 7) is 0. The molecule has 1 aliphatic rings. The number of esters is 2. The van der Waals surface area contributed by atoms with E-state index in [1.54, 1.807) is 36.4 Å². The molecule has 1 atom stereocenters. The number of carbonyl (C=O) groups is 3. The summed E-state index contributed by atoms with van der Waals surface area (Å²) < 4.78 is 21.6. The number of aromatic nitrogens is 4. The Morgan fingerprint density at radius 3 is 2.14 bits per heavy atom. The first-order chi connectivity index (χ1) is 16.9. The molecule has 180 valence electrons. The van der Waals surface area contributed by atoms with E-state index in [9.17, 15) is 14.4 Å². The molecule has 0 radical (unpaired) electrons. The van der Waals surface area contributed by atoms with E-state index in [2.05, 4.69) is 20.8 Å². The Hall–Kier alpha value is -4.74. The van der Waals surface area contributed by atoms with E-state index in [0.717, 1.165) is 0 Å². The van der Waals surface area contributed by atoms with Gasteiger partial charge in [0.1, 0.15) is 11.7 Å². The second-order valence-corrected chi connectivity index (χ2v) is 7.27. The molecule has 35 heavy (non-hydrogen) atoms. The van der Waals surface area contributed by atoms with Crippen LogP contribution in [0.15, 0.2) is 53.7 Å². The minimum absolute atomic E-state index is 0.0367. The predicted octanol–water partition coefficient (Wildman–Crippen LogP) is 1.80. The molecule has 0 unspecified atom stereocenters. The number of nitrogens with one attached hydrogen (secondary N) is 1. The normalized spacial score (nSPS) is 14.5. The maximum absolute atomic E-state index is 13.9. The van der Waals surface area contributed by atoms with Crippen LogP contribution in [-0.4, -0.2) is 66.4 Å². The average Bonchev–Trinajstić information content (AvgIpc) is 3.38. The number of benzene rings is 2. The molecule has 0 aliphatic carbocycles. The quantitative estimate of drug-likeness (QED) is 0.391. The third-order valence-corrected chi connectivity index (χ3v) is 5.44. The second kappa shape index (κ2) is 9.63. The highest BCUT2D eigenvalue weighted by Gasteiger charge is 2.38. The van der Waals surface area contributed by atoms with Gasteiger partial charge in [0.15, 0.2) is 17.3 Å². The van der Waals surface area contributed by atoms with E-state index >= 15 is 0 Å². The summed E-state index contributed by atoms with van der Waals surface area (Å²) in [6.07, 6.45) is 0. The number of methoxy groups -OCH3 is 4. The predicted molar refractivity (Wildman–Crippen MR) is 120 cm³/mol. The first-order valence-electron chi connectivity index (χ1n) is 10.3. The molecule has 4 rings (SSSR count). The molecule has 2 aromatic carbocycles. The number of carbonyl (C=O) groups excluding carboxylic acids is 3. The fourth-order valence-electron chi connectivity index (χ4n) is 3.75. The number of ketones is 1. The molecule has 1 aromatic heterocycles. The number of hydrogen-bond donors (Lipinski definition) is 1. The lowest BCUT2D eigenvalue weighted by Gasteiger charge is -2.28. The molecule has 3 aromatic rings. The van der Waals surface area contributed by atoms with Gasteiger partial charge in [-0.05, 0) is 46.3 Å². The molecule has 12 nitrogen and oxygen atoms in total. The van der Waals surface area contributed by atoms with Crippen molar-refractivity contribution in [3.05, 3.63) is 70.4 Å². The average molecular weight is 479 g/mol. The molecular weight excluding hydrogens is 458 g/mol. The number of allylic oxidation sites excluding steroid dienone is 1. The van der Waals surface area contributed by atoms with Gasteiger partial charge in [0.05, 0.1) is 39.6 Å². The number of Topliss-reactive ketones (excluding diaryl/α,β-unsaturated/α-hetero) is 1. The standard InChI is InChI=1S/C23H21N5O7/c1-32-15-10-9-14(11-16(15)33-2)20(29)17-18(22(31)35-4)24-23-25-26-27-28(23)19(17)12-5-7-13(8-6-12)21(30)34-3/h5-11,19H,1-4H3,(H,24,25,27)/t19-/m1/s1. The minimum atomic E-state index is -0.914. The Morgan fingerprint density at radius 2 is 1.51 bits per heavy atom. The summed E-state index contributed by atoms with van der Waals surface area (Å²) in [4.78, 5) is 38.5. The lowest BCUT2D eigenvalue weighted by atomic mass is 9.89. The van der Waals surface area contributed by atoms with Crippen molar-refractivity contribution in [2.75, 3.05) is 33.8 Å². The van der Waals surface area contributed by atoms with Gasteiger partial charge in [0.25, 0.3) is 0 Å². The minimum Gasteiger partial charge on any atom is -0.493 e. The van der Waals surface area contributed by atoms with E-state index in [1.165, 1.54) is 39.2 Å². The first kappa shape index (κ1) is 23.4. The Labute approximate surface area is 199 Å². The molecule has 0 saturated carbocycles. The topological polar surface area (TPSA) is 144 Å². The highest BCUT2D eigenvalue weighted by Crippen LogP contribution is 2.38. The summed E-state index contributed by atoms with van der Waals surface area (Å²) in [6, 6.07) is 10.1. The maximum atomic E-state index is 13.9. The molecule has 0 spiro atoms. The van der Waals surface area contributed by atoms with Crippen molar-refractivity contribution in [2.24, 2.45) is 0 Å². The molecule has 0 bridgehead atoms. The van der Waals surface area contributed by atoms with Crippen LogP contribution in [0.4, 0.5) is 5.95 Å². The van der Waals surface area contributed by atoms with E-state index < -0.39 is 23.8 Å². The van der Waals surface area contributed by atoms with Crippen LogP contribution in [0.5, 0.6) is 11.5 Å². The summed E-state index contributed by atoms with van der Waals surface area (Å²) in [5.41, 5.74) is 1.00. The van der Waals surface area contributed by atoms with E-state index in [-0.39, 0.29) is 22.8 Å². The number of ether oxygens (including phenoxy) is 4. The summed E-state index contributed by atoms with van der Waals surface area (Å²) >= 11 is 0. The first-order valence-corrected chi connectivity index (χ1v) is 10.3. The van der Waals surface area contributed by atoms with E-state index in [0.29, 0.717) is 22.6 Å². The van der Waals surface area contributed by atoms with Gasteiger partial charge in [0, 0.05) is 5.56 Å². The van der Waals surface area contributed by atoms with Gasteiger partial charge < -0.3 is 24.3 Å². The van der Waals surface area contributed by atoms with Crippen molar-refractivity contribution >= 4 is 23.7 Å². The number of rotatable bonds is 7. The van der Waals surface area contributed by atoms with Crippen LogP contribution in [0.25, 0.3) is 0 Å². The zero-order chi connectivity index (χ0) is 25.1. The summed E-state index contributed by atoms with van der Waals surface area (Å²) in [7, 11) is 5.41. The Morgan fingerprint density at radius 1 is 0.857 bits per heavy atom. The molecule has 12 heteroatoms. The van der Waals surface area contributed by atoms with Gasteiger partial charge in [-0.2, -0.15) is 4.68 Å². The zero-order valence-corrected chi connectivity index (χ0v) is 19.3. The van der Waals surface area contributed by atoms with Crippen molar-refractivity contribution in [3.63, 3.8) is 0 Å². The monoisotopic (exact) mass is 479 g/mol. The molecule has 1 N–H and O–H groups in total. The van der Waals surface area contributed by atoms with Gasteiger partial charge in [-0.15, -0.1) is 0 Å². The molecule has 0 fully saturated rings. The van der Waals surface area contributed by atoms with Gasteiger partial charge in [-0.1, -0.05) is 17.2 Å². The summed E-state index contributed by atoms with van der Waals surface area (Å²) in [5.74, 6) is -0.884. The Bertz CT molecular complexity index is 1330. The van der Waals surface area contributed by atoms with Crippen LogP contribution >= 0.6 is 0 Å². The van der Waals surface area contributed by atoms with Crippen molar-refractivity contribution in [1.82, 2.24) is 20.2 Å². The van der Waals surface area contributed by atoms with Crippen molar-refractivity contribution in [3.8, 4) is 11.5 Å². The van der Waals surface area contributed by atoms with Crippen LogP contribution in [0.2, 0.25) is 0 Å². The molecule has 0 amide bonds. The van der Waals surface area contributed by atoms with Gasteiger partial charge in [-0.25, -0.2) is 9.59 Å². The van der Waals surface area contributed by atoms with Crippen molar-refractivity contribution in [1.29, 1.82) is 0 Å². The van der Waals surface area contributed by atoms with Crippen LogP contribution in [0.3, 0.4) is 0 Å². The SMILES string of the molecule is COC(=O)C1=C(C(=O)c2ccc(OC)c(OC)c2)[C@@H](c2ccc(C(=O)OC)cc2)n2nnnc2N1. The van der Waals surface area contributed by atoms with Gasteiger partial charge >= 0.3 is 11.9 Å². The molecule has 0 saturated heterocycles. The fourth-order valence-corrected chi connectivity index (χ4v) is 3.75. The Balaban J connectivity index is 1.90. The second-order valence-electron chi connectivity index (χ2n) is 7.27. The van der Waals surface area contributed by atoms with E-state index in [4.69, 9.17) is 18.9 Å². The fraction of sp³-hybridized carbons (Fsp3) is 0.217. The van der Waals surface area contributed by atoms with Crippen LogP contribution < -0.4 is 14.8 Å². The largest absolute Gasteiger partial charge is 0.493 e. The lowest BCUT2D eigenvalue weighted by Crippen LogP contribution is -2.33. The number of hydrogen-bond acceptors (Lipinski definition) is 11. The van der Waals surface area contributed by atoms with Crippen LogP contribution in [0, 0.1) is 0 Å². The Kier molecular flexibility index (Phi) is 6.44. The maximum Gasteiger partial charge on any atom is 0.355 e. The molecule has 1 aliphatic heterocycles. The van der Waals surface area contributed by atoms with Crippen LogP contribution in [-0.2, 0) is 14.3 Å². The van der Waals surface area contributed by atoms with Gasteiger partial charge in [-0.3, -0.25) is 4.79 Å². The van der Waals surface area contributed by atoms with Crippen molar-refractivity contribution < 1.29 is 33.3 Å². The highest BCUT2D eigenvalue weighted by atomic mass is 16.5. The number of nitrogens with zero attached hydrogens (tertiary/aromatic N) is 4. The number of anilines is 1. The highest BCUT2D eigenvalue weighted by molar-refractivity contribution is 6.15. The van der Waals surface area contributed by atoms with Crippen LogP contribution in [0.1, 0.15) is 32.3 Å². The summed E-state index contributed by atoms with van der Waals surface area (Å²) in [5, 5.41) is 14.4. The smallest absolute Gasteiger partial charge is 0.355 e. The number of tetrazole rings is 1. The van der Waals surface area contributed by atoms with E-state index in [1.807, 2.05) is 0 Å². The molecule has 2 heterocycles. The third-order valence-electron chi connectivity index (χ3n) is 5.44. The van der Waals surface area contributed by atoms with Gasteiger partial charge in [0.2, 0.25) is 5.95 Å². The number of fused-ring (bicyclic) bond motifs is 1.